The van der Waals surface area contributed by atoms with Gasteiger partial charge in [0.15, 0.2) is 0 Å². The molecule has 1 rings (SSSR count). The fourth-order valence-electron chi connectivity index (χ4n) is 1.30. The van der Waals surface area contributed by atoms with E-state index in [1.54, 1.807) is 6.07 Å². The van der Waals surface area contributed by atoms with Crippen molar-refractivity contribution in [3.8, 4) is 0 Å². The quantitative estimate of drug-likeness (QED) is 0.732. The average Bonchev–Trinajstić information content (AvgIpc) is 2.58. The minimum atomic E-state index is -1.14. The van der Waals surface area contributed by atoms with Crippen LogP contribution in [0, 0.1) is 13.8 Å². The standard InChI is InChI=1S/C11H15NO4S/c1-6-5-9(17-7(6)2)10(14)12-8(3-4-13)11(15)16/h5,8,13H,3-4H2,1-2H3,(H,12,14)(H,15,16). The van der Waals surface area contributed by atoms with E-state index in [9.17, 15) is 9.59 Å². The Morgan fingerprint density at radius 2 is 2.12 bits per heavy atom. The van der Waals surface area contributed by atoms with E-state index >= 15 is 0 Å². The molecule has 17 heavy (non-hydrogen) atoms. The summed E-state index contributed by atoms with van der Waals surface area (Å²) < 4.78 is 0. The van der Waals surface area contributed by atoms with Crippen molar-refractivity contribution in [1.29, 1.82) is 0 Å². The first kappa shape index (κ1) is 13.7. The van der Waals surface area contributed by atoms with Crippen molar-refractivity contribution < 1.29 is 19.8 Å². The number of aryl methyl sites for hydroxylation is 2. The lowest BCUT2D eigenvalue weighted by Gasteiger charge is -2.12. The number of nitrogens with one attached hydrogen (secondary N) is 1. The number of amides is 1. The van der Waals surface area contributed by atoms with Gasteiger partial charge in [0.05, 0.1) is 4.88 Å². The molecule has 0 radical (unpaired) electrons. The number of aliphatic hydroxyl groups is 1. The molecule has 5 nitrogen and oxygen atoms in total. The van der Waals surface area contributed by atoms with Crippen LogP contribution in [0.15, 0.2) is 6.07 Å². The molecule has 0 aliphatic carbocycles. The molecule has 0 aliphatic heterocycles. The van der Waals surface area contributed by atoms with Gasteiger partial charge in [-0.1, -0.05) is 0 Å². The summed E-state index contributed by atoms with van der Waals surface area (Å²) in [5, 5.41) is 19.9. The summed E-state index contributed by atoms with van der Waals surface area (Å²) in [6.45, 7) is 3.52. The molecule has 0 spiro atoms. The molecule has 1 heterocycles. The van der Waals surface area contributed by atoms with Gasteiger partial charge in [-0.25, -0.2) is 4.79 Å². The van der Waals surface area contributed by atoms with Crippen LogP contribution in [-0.2, 0) is 4.79 Å². The highest BCUT2D eigenvalue weighted by atomic mass is 32.1. The Kier molecular flexibility index (Phi) is 4.65. The van der Waals surface area contributed by atoms with Crippen LogP contribution in [-0.4, -0.2) is 34.7 Å². The first-order valence-corrected chi connectivity index (χ1v) is 5.99. The topological polar surface area (TPSA) is 86.6 Å². The van der Waals surface area contributed by atoms with Crippen molar-refractivity contribution >= 4 is 23.2 Å². The number of hydrogen-bond acceptors (Lipinski definition) is 4. The normalized spacial score (nSPS) is 12.2. The summed E-state index contributed by atoms with van der Waals surface area (Å²) in [6.07, 6.45) is 0.00438. The third-order valence-corrected chi connectivity index (χ3v) is 3.56. The molecule has 3 N–H and O–H groups in total. The van der Waals surface area contributed by atoms with Crippen LogP contribution in [0.3, 0.4) is 0 Å². The van der Waals surface area contributed by atoms with Gasteiger partial charge in [-0.3, -0.25) is 4.79 Å². The highest BCUT2D eigenvalue weighted by Gasteiger charge is 2.21. The lowest BCUT2D eigenvalue weighted by molar-refractivity contribution is -0.139. The third kappa shape index (κ3) is 3.54. The molecule has 0 fully saturated rings. The van der Waals surface area contributed by atoms with E-state index < -0.39 is 17.9 Å². The Morgan fingerprint density at radius 3 is 2.53 bits per heavy atom. The second-order valence-corrected chi connectivity index (χ2v) is 4.98. The van der Waals surface area contributed by atoms with Crippen molar-refractivity contribution in [1.82, 2.24) is 5.32 Å². The molecule has 0 bridgehead atoms. The Balaban J connectivity index is 2.73. The monoisotopic (exact) mass is 257 g/mol. The minimum Gasteiger partial charge on any atom is -0.480 e. The predicted molar refractivity (Wildman–Crippen MR) is 64.4 cm³/mol. The lowest BCUT2D eigenvalue weighted by Crippen LogP contribution is -2.41. The van der Waals surface area contributed by atoms with E-state index in [1.807, 2.05) is 13.8 Å². The first-order chi connectivity index (χ1) is 7.95. The fourth-order valence-corrected chi connectivity index (χ4v) is 2.24. The average molecular weight is 257 g/mol. The summed E-state index contributed by atoms with van der Waals surface area (Å²) in [5.74, 6) is -1.55. The van der Waals surface area contributed by atoms with Crippen molar-refractivity contribution in [3.05, 3.63) is 21.4 Å². The summed E-state index contributed by atoms with van der Waals surface area (Å²) in [6, 6.07) is 0.683. The van der Waals surface area contributed by atoms with Crippen LogP contribution in [0.5, 0.6) is 0 Å². The molecule has 1 aromatic heterocycles. The van der Waals surface area contributed by atoms with Gasteiger partial charge in [-0.2, -0.15) is 0 Å². The number of carbonyl (C=O) groups is 2. The zero-order valence-corrected chi connectivity index (χ0v) is 10.5. The number of aliphatic carboxylic acids is 1. The SMILES string of the molecule is Cc1cc(C(=O)NC(CCO)C(=O)O)sc1C. The van der Waals surface area contributed by atoms with E-state index in [-0.39, 0.29) is 13.0 Å². The van der Waals surface area contributed by atoms with Gasteiger partial charge in [-0.15, -0.1) is 11.3 Å². The number of thiophene rings is 1. The molecule has 0 aliphatic rings. The molecular weight excluding hydrogens is 242 g/mol. The maximum atomic E-state index is 11.8. The van der Waals surface area contributed by atoms with E-state index in [4.69, 9.17) is 10.2 Å². The second kappa shape index (κ2) is 5.79. The van der Waals surface area contributed by atoms with Gasteiger partial charge in [-0.05, 0) is 25.5 Å². The number of carboxylic acids is 1. The fraction of sp³-hybridized carbons (Fsp3) is 0.455. The first-order valence-electron chi connectivity index (χ1n) is 5.17. The van der Waals surface area contributed by atoms with Gasteiger partial charge in [0, 0.05) is 17.9 Å². The Labute approximate surface area is 103 Å². The van der Waals surface area contributed by atoms with Gasteiger partial charge < -0.3 is 15.5 Å². The maximum absolute atomic E-state index is 11.8. The zero-order valence-electron chi connectivity index (χ0n) is 9.69. The van der Waals surface area contributed by atoms with E-state index in [0.717, 1.165) is 10.4 Å². The van der Waals surface area contributed by atoms with Crippen LogP contribution < -0.4 is 5.32 Å². The zero-order chi connectivity index (χ0) is 13.0. The molecule has 0 aromatic carbocycles. The van der Waals surface area contributed by atoms with Crippen LogP contribution in [0.25, 0.3) is 0 Å². The van der Waals surface area contributed by atoms with Crippen LogP contribution in [0.2, 0.25) is 0 Å². The van der Waals surface area contributed by atoms with Crippen LogP contribution in [0.1, 0.15) is 26.5 Å². The Morgan fingerprint density at radius 1 is 1.47 bits per heavy atom. The van der Waals surface area contributed by atoms with Gasteiger partial charge in [0.2, 0.25) is 0 Å². The number of hydrogen-bond donors (Lipinski definition) is 3. The molecule has 6 heteroatoms. The molecule has 1 aromatic rings. The van der Waals surface area contributed by atoms with Crippen molar-refractivity contribution in [2.24, 2.45) is 0 Å². The summed E-state index contributed by atoms with van der Waals surface area (Å²) in [7, 11) is 0. The lowest BCUT2D eigenvalue weighted by atomic mass is 10.2. The number of carboxylic acid groups (broad SMARTS) is 1. The van der Waals surface area contributed by atoms with Gasteiger partial charge >= 0.3 is 5.97 Å². The van der Waals surface area contributed by atoms with Crippen molar-refractivity contribution in [2.75, 3.05) is 6.61 Å². The smallest absolute Gasteiger partial charge is 0.326 e. The van der Waals surface area contributed by atoms with Crippen LogP contribution in [0.4, 0.5) is 0 Å². The maximum Gasteiger partial charge on any atom is 0.326 e. The van der Waals surface area contributed by atoms with E-state index in [1.165, 1.54) is 11.3 Å². The number of aliphatic hydroxyl groups excluding tert-OH is 1. The van der Waals surface area contributed by atoms with Crippen molar-refractivity contribution in [3.63, 3.8) is 0 Å². The summed E-state index contributed by atoms with van der Waals surface area (Å²) >= 11 is 1.33. The Hall–Kier alpha value is -1.40. The third-order valence-electron chi connectivity index (χ3n) is 2.41. The molecule has 94 valence electrons. The molecule has 0 saturated heterocycles. The largest absolute Gasteiger partial charge is 0.480 e. The summed E-state index contributed by atoms with van der Waals surface area (Å²) in [4.78, 5) is 24.1. The molecule has 1 amide bonds. The van der Waals surface area contributed by atoms with E-state index in [0.29, 0.717) is 4.88 Å². The molecule has 0 saturated carbocycles. The molecular formula is C11H15NO4S. The summed E-state index contributed by atoms with van der Waals surface area (Å²) in [5.41, 5.74) is 1.01. The highest BCUT2D eigenvalue weighted by Crippen LogP contribution is 2.20. The highest BCUT2D eigenvalue weighted by molar-refractivity contribution is 7.14. The van der Waals surface area contributed by atoms with E-state index in [2.05, 4.69) is 5.32 Å². The van der Waals surface area contributed by atoms with Gasteiger partial charge in [0.1, 0.15) is 6.04 Å². The number of rotatable bonds is 5. The van der Waals surface area contributed by atoms with Gasteiger partial charge in [0.25, 0.3) is 5.91 Å². The predicted octanol–water partition coefficient (Wildman–Crippen LogP) is 0.930. The Bertz CT molecular complexity index is 408. The van der Waals surface area contributed by atoms with Crippen LogP contribution >= 0.6 is 11.3 Å². The second-order valence-electron chi connectivity index (χ2n) is 3.73. The molecule has 1 atom stereocenters. The minimum absolute atomic E-state index is 0.00438. The van der Waals surface area contributed by atoms with Crippen molar-refractivity contribution in [2.45, 2.75) is 26.3 Å². The number of carbonyl (C=O) groups excluding carboxylic acids is 1. The molecule has 1 unspecified atom stereocenters.